The van der Waals surface area contributed by atoms with Gasteiger partial charge < -0.3 is 14.8 Å². The molecule has 2 aromatic heterocycles. The van der Waals surface area contributed by atoms with Crippen molar-refractivity contribution in [1.29, 1.82) is 0 Å². The number of rotatable bonds is 4. The quantitative estimate of drug-likeness (QED) is 0.259. The average Bonchev–Trinajstić information content (AvgIpc) is 3.30. The summed E-state index contributed by atoms with van der Waals surface area (Å²) >= 11 is 13.0. The van der Waals surface area contributed by atoms with Gasteiger partial charge in [0.15, 0.2) is 5.11 Å². The molecular weight excluding hydrogens is 560 g/mol. The zero-order valence-electron chi connectivity index (χ0n) is 18.2. The Hall–Kier alpha value is -2.48. The molecule has 0 radical (unpaired) electrons. The molecule has 2 atom stereocenters. The zero-order chi connectivity index (χ0) is 23.1. The molecule has 2 aromatic carbocycles. The van der Waals surface area contributed by atoms with Crippen LogP contribution in [0.1, 0.15) is 34.7 Å². The minimum Gasteiger partial charge on any atom is -0.351 e. The molecule has 0 saturated carbocycles. The number of hydrogen-bond acceptors (Lipinski definition) is 2. The molecule has 3 heterocycles. The second-order valence-corrected chi connectivity index (χ2v) is 10.3. The van der Waals surface area contributed by atoms with Gasteiger partial charge in [0.05, 0.1) is 17.8 Å². The summed E-state index contributed by atoms with van der Waals surface area (Å²) < 4.78 is 4.40. The van der Waals surface area contributed by atoms with Crippen LogP contribution in [0.15, 0.2) is 87.9 Å². The third-order valence-electron chi connectivity index (χ3n) is 6.06. The van der Waals surface area contributed by atoms with E-state index >= 15 is 0 Å². The molecule has 1 fully saturated rings. The highest BCUT2D eigenvalue weighted by atomic mass is 79.9. The highest BCUT2D eigenvalue weighted by Crippen LogP contribution is 2.44. The molecule has 4 aromatic rings. The highest BCUT2D eigenvalue weighted by molar-refractivity contribution is 9.10. The van der Waals surface area contributed by atoms with Gasteiger partial charge in [-0.05, 0) is 92.3 Å². The summed E-state index contributed by atoms with van der Waals surface area (Å²) in [5, 5.41) is 4.25. The van der Waals surface area contributed by atoms with E-state index in [1.54, 1.807) is 0 Å². The van der Waals surface area contributed by atoms with Crippen LogP contribution in [0.3, 0.4) is 0 Å². The molecule has 0 bridgehead atoms. The van der Waals surface area contributed by atoms with E-state index in [0.717, 1.165) is 26.0 Å². The van der Waals surface area contributed by atoms with Gasteiger partial charge in [-0.2, -0.15) is 0 Å². The Morgan fingerprint density at radius 2 is 1.67 bits per heavy atom. The summed E-state index contributed by atoms with van der Waals surface area (Å²) in [5.74, 6) is 0. The number of halogens is 2. The van der Waals surface area contributed by atoms with Crippen LogP contribution in [0.2, 0.25) is 0 Å². The molecule has 1 aliphatic rings. The van der Waals surface area contributed by atoms with Crippen molar-refractivity contribution in [3.8, 4) is 5.69 Å². The molecule has 4 nitrogen and oxygen atoms in total. The average molecular weight is 582 g/mol. The zero-order valence-corrected chi connectivity index (χ0v) is 22.2. The van der Waals surface area contributed by atoms with Crippen molar-refractivity contribution in [3.05, 3.63) is 111 Å². The Labute approximate surface area is 215 Å². The van der Waals surface area contributed by atoms with E-state index < -0.39 is 0 Å². The highest BCUT2D eigenvalue weighted by Gasteiger charge is 2.42. The minimum absolute atomic E-state index is 0.0410. The lowest BCUT2D eigenvalue weighted by Crippen LogP contribution is -2.29. The molecule has 1 saturated heterocycles. The number of hydrogen-bond donors (Lipinski definition) is 1. The molecule has 166 valence electrons. The van der Waals surface area contributed by atoms with Gasteiger partial charge in [0.25, 0.3) is 0 Å². The maximum absolute atomic E-state index is 5.87. The molecule has 33 heavy (non-hydrogen) atoms. The molecule has 5 rings (SSSR count). The van der Waals surface area contributed by atoms with Gasteiger partial charge >= 0.3 is 0 Å². The lowest BCUT2D eigenvalue weighted by molar-refractivity contribution is 0.565. The molecule has 0 unspecified atom stereocenters. The first-order chi connectivity index (χ1) is 15.9. The van der Waals surface area contributed by atoms with Crippen LogP contribution in [0, 0.1) is 13.8 Å². The van der Waals surface area contributed by atoms with E-state index in [1.165, 1.54) is 17.0 Å². The third-order valence-corrected chi connectivity index (χ3v) is 7.39. The largest absolute Gasteiger partial charge is 0.351 e. The van der Waals surface area contributed by atoms with E-state index in [-0.39, 0.29) is 12.1 Å². The Kier molecular flexibility index (Phi) is 6.12. The SMILES string of the molecule is Cc1cc([C@@H]2[C@@H](c3ccccn3)NC(=S)N2c2ccc(Br)cc2)c(C)n1-c1cccc(Br)c1. The Bertz CT molecular complexity index is 1320. The first kappa shape index (κ1) is 22.3. The molecule has 1 N–H and O–H groups in total. The number of aromatic nitrogens is 2. The second kappa shape index (κ2) is 9.05. The number of nitrogens with one attached hydrogen (secondary N) is 1. The fourth-order valence-corrected chi connectivity index (χ4v) is 5.65. The molecule has 7 heteroatoms. The second-order valence-electron chi connectivity index (χ2n) is 8.11. The molecule has 0 spiro atoms. The van der Waals surface area contributed by atoms with Crippen molar-refractivity contribution >= 4 is 54.9 Å². The van der Waals surface area contributed by atoms with Gasteiger partial charge in [0.2, 0.25) is 0 Å². The van der Waals surface area contributed by atoms with Crippen LogP contribution < -0.4 is 10.2 Å². The Morgan fingerprint density at radius 1 is 0.879 bits per heavy atom. The molecule has 1 aliphatic heterocycles. The van der Waals surface area contributed by atoms with Crippen LogP contribution in [0.4, 0.5) is 5.69 Å². The minimum atomic E-state index is -0.0705. The van der Waals surface area contributed by atoms with Crippen LogP contribution in [-0.4, -0.2) is 14.7 Å². The predicted octanol–water partition coefficient (Wildman–Crippen LogP) is 7.19. The Balaban J connectivity index is 1.68. The first-order valence-corrected chi connectivity index (χ1v) is 12.6. The number of anilines is 1. The fraction of sp³-hybridized carbons (Fsp3) is 0.154. The number of thiocarbonyl (C=S) groups is 1. The summed E-state index contributed by atoms with van der Waals surface area (Å²) in [4.78, 5) is 6.89. The number of pyridine rings is 1. The summed E-state index contributed by atoms with van der Waals surface area (Å²) in [6, 6.07) is 24.9. The number of nitrogens with zero attached hydrogens (tertiary/aromatic N) is 3. The smallest absolute Gasteiger partial charge is 0.174 e. The maximum Gasteiger partial charge on any atom is 0.174 e. The van der Waals surface area contributed by atoms with Gasteiger partial charge in [-0.25, -0.2) is 0 Å². The fourth-order valence-electron chi connectivity index (χ4n) is 4.65. The molecule has 0 amide bonds. The van der Waals surface area contributed by atoms with Crippen molar-refractivity contribution in [2.75, 3.05) is 4.90 Å². The van der Waals surface area contributed by atoms with Crippen LogP contribution in [0.5, 0.6) is 0 Å². The first-order valence-electron chi connectivity index (χ1n) is 10.6. The summed E-state index contributed by atoms with van der Waals surface area (Å²) in [6.45, 7) is 4.33. The number of benzene rings is 2. The lowest BCUT2D eigenvalue weighted by Gasteiger charge is -2.28. The van der Waals surface area contributed by atoms with Crippen molar-refractivity contribution < 1.29 is 0 Å². The van der Waals surface area contributed by atoms with E-state index in [1.807, 2.05) is 36.5 Å². The van der Waals surface area contributed by atoms with Gasteiger partial charge in [0, 0.05) is 37.9 Å². The topological polar surface area (TPSA) is 33.1 Å². The number of aryl methyl sites for hydroxylation is 1. The van der Waals surface area contributed by atoms with Crippen molar-refractivity contribution in [2.24, 2.45) is 0 Å². The van der Waals surface area contributed by atoms with Gasteiger partial charge in [-0.3, -0.25) is 4.98 Å². The van der Waals surface area contributed by atoms with Gasteiger partial charge in [-0.1, -0.05) is 44.0 Å². The van der Waals surface area contributed by atoms with Crippen molar-refractivity contribution in [2.45, 2.75) is 25.9 Å². The normalized spacial score (nSPS) is 17.9. The Morgan fingerprint density at radius 3 is 2.36 bits per heavy atom. The monoisotopic (exact) mass is 580 g/mol. The van der Waals surface area contributed by atoms with Crippen LogP contribution >= 0.6 is 44.1 Å². The van der Waals surface area contributed by atoms with E-state index in [9.17, 15) is 0 Å². The van der Waals surface area contributed by atoms with Crippen molar-refractivity contribution in [3.63, 3.8) is 0 Å². The molecule has 0 aliphatic carbocycles. The molecular formula is C26H22Br2N4S. The van der Waals surface area contributed by atoms with Gasteiger partial charge in [-0.15, -0.1) is 0 Å². The van der Waals surface area contributed by atoms with Gasteiger partial charge in [0.1, 0.15) is 0 Å². The van der Waals surface area contributed by atoms with Crippen LogP contribution in [0.25, 0.3) is 5.69 Å². The predicted molar refractivity (Wildman–Crippen MR) is 145 cm³/mol. The van der Waals surface area contributed by atoms with E-state index in [4.69, 9.17) is 12.2 Å². The summed E-state index contributed by atoms with van der Waals surface area (Å²) in [6.07, 6.45) is 1.84. The van der Waals surface area contributed by atoms with E-state index in [2.05, 4.69) is 108 Å². The third kappa shape index (κ3) is 4.14. The summed E-state index contributed by atoms with van der Waals surface area (Å²) in [5.41, 5.74) is 6.73. The van der Waals surface area contributed by atoms with Crippen LogP contribution in [-0.2, 0) is 0 Å². The standard InChI is InChI=1S/C26H22Br2N4S/c1-16-14-22(17(2)31(16)21-7-5-6-19(28)15-21)25-24(23-8-3-4-13-29-23)30-26(33)32(25)20-11-9-18(27)10-12-20/h3-15,24-25H,1-2H3,(H,30,33)/t24-,25-/m1/s1. The maximum atomic E-state index is 5.87. The summed E-state index contributed by atoms with van der Waals surface area (Å²) in [7, 11) is 0. The van der Waals surface area contributed by atoms with E-state index in [0.29, 0.717) is 5.11 Å². The van der Waals surface area contributed by atoms with Crippen molar-refractivity contribution in [1.82, 2.24) is 14.9 Å². The lowest BCUT2D eigenvalue weighted by atomic mass is 9.96.